The molecule has 6 heteroatoms. The number of methoxy groups -OCH3 is 2. The maximum atomic E-state index is 9.64. The highest BCUT2D eigenvalue weighted by atomic mass is 16.6. The molecule has 3 aromatic rings. The van der Waals surface area contributed by atoms with Crippen LogP contribution in [0.25, 0.3) is 22.2 Å². The number of nitrogens with zero attached hydrogens (tertiary/aromatic N) is 1. The average molecular weight is 314 g/mol. The molecule has 3 rings (SSSR count). The second-order valence-corrected chi connectivity index (χ2v) is 5.08. The standard InChI is InChI=1S/C17H18N2O4/c1-21-15-7-11(5-12-6-13(8-18)23-16(12)15)14-4-3-10(9-19-14)17(20)22-2/h3-7,9,17,20H,8,18H2,1-2H3. The van der Waals surface area contributed by atoms with Crippen molar-refractivity contribution in [2.24, 2.45) is 5.73 Å². The Kier molecular flexibility index (Phi) is 4.29. The first-order valence-electron chi connectivity index (χ1n) is 7.14. The summed E-state index contributed by atoms with van der Waals surface area (Å²) in [6.07, 6.45) is 0.607. The number of ether oxygens (including phenoxy) is 2. The van der Waals surface area contributed by atoms with E-state index in [0.717, 1.165) is 16.6 Å². The van der Waals surface area contributed by atoms with E-state index < -0.39 is 6.29 Å². The molecule has 23 heavy (non-hydrogen) atoms. The molecule has 0 aliphatic rings. The number of aromatic nitrogens is 1. The van der Waals surface area contributed by atoms with Gasteiger partial charge < -0.3 is 24.7 Å². The van der Waals surface area contributed by atoms with Gasteiger partial charge in [0.25, 0.3) is 0 Å². The summed E-state index contributed by atoms with van der Waals surface area (Å²) >= 11 is 0. The van der Waals surface area contributed by atoms with Gasteiger partial charge in [-0.05, 0) is 24.3 Å². The molecule has 0 spiro atoms. The molecule has 0 amide bonds. The third-order valence-electron chi connectivity index (χ3n) is 3.64. The molecule has 0 aliphatic heterocycles. The van der Waals surface area contributed by atoms with Crippen molar-refractivity contribution in [2.75, 3.05) is 14.2 Å². The van der Waals surface area contributed by atoms with Gasteiger partial charge in [0.05, 0.1) is 19.3 Å². The molecule has 0 radical (unpaired) electrons. The van der Waals surface area contributed by atoms with Gasteiger partial charge in [0.1, 0.15) is 5.76 Å². The van der Waals surface area contributed by atoms with Crippen LogP contribution in [0.1, 0.15) is 17.6 Å². The highest BCUT2D eigenvalue weighted by molar-refractivity contribution is 5.88. The van der Waals surface area contributed by atoms with E-state index in [1.165, 1.54) is 7.11 Å². The summed E-state index contributed by atoms with van der Waals surface area (Å²) in [5, 5.41) is 10.5. The second kappa shape index (κ2) is 6.37. The van der Waals surface area contributed by atoms with E-state index in [4.69, 9.17) is 19.6 Å². The number of hydrogen-bond donors (Lipinski definition) is 2. The fourth-order valence-electron chi connectivity index (χ4n) is 2.43. The maximum Gasteiger partial charge on any atom is 0.182 e. The zero-order chi connectivity index (χ0) is 16.4. The fraction of sp³-hybridized carbons (Fsp3) is 0.235. The molecule has 2 heterocycles. The van der Waals surface area contributed by atoms with Crippen molar-refractivity contribution in [1.82, 2.24) is 4.98 Å². The summed E-state index contributed by atoms with van der Waals surface area (Å²) in [5.41, 5.74) is 8.54. The Labute approximate surface area is 133 Å². The van der Waals surface area contributed by atoms with Crippen LogP contribution in [0.3, 0.4) is 0 Å². The maximum absolute atomic E-state index is 9.64. The first kappa shape index (κ1) is 15.5. The Hall–Kier alpha value is -2.41. The van der Waals surface area contributed by atoms with E-state index in [1.54, 1.807) is 19.4 Å². The predicted octanol–water partition coefficient (Wildman–Crippen LogP) is 2.60. The largest absolute Gasteiger partial charge is 0.493 e. The van der Waals surface area contributed by atoms with Crippen molar-refractivity contribution in [3.8, 4) is 17.0 Å². The smallest absolute Gasteiger partial charge is 0.182 e. The van der Waals surface area contributed by atoms with Crippen molar-refractivity contribution in [2.45, 2.75) is 12.8 Å². The summed E-state index contributed by atoms with van der Waals surface area (Å²) < 4.78 is 15.9. The van der Waals surface area contributed by atoms with Crippen molar-refractivity contribution in [3.05, 3.63) is 47.9 Å². The molecule has 2 aromatic heterocycles. The third kappa shape index (κ3) is 2.92. The number of rotatable bonds is 5. The van der Waals surface area contributed by atoms with Crippen LogP contribution in [0.5, 0.6) is 5.75 Å². The molecule has 0 bridgehead atoms. The number of benzene rings is 1. The van der Waals surface area contributed by atoms with Gasteiger partial charge in [0, 0.05) is 29.8 Å². The topological polar surface area (TPSA) is 90.7 Å². The Morgan fingerprint density at radius 1 is 1.26 bits per heavy atom. The number of furan rings is 1. The Balaban J connectivity index is 2.05. The molecule has 0 saturated carbocycles. The van der Waals surface area contributed by atoms with Crippen molar-refractivity contribution >= 4 is 11.0 Å². The monoisotopic (exact) mass is 314 g/mol. The molecule has 1 unspecified atom stereocenters. The Morgan fingerprint density at radius 3 is 2.70 bits per heavy atom. The van der Waals surface area contributed by atoms with Crippen LogP contribution < -0.4 is 10.5 Å². The van der Waals surface area contributed by atoms with Gasteiger partial charge in [-0.2, -0.15) is 0 Å². The number of nitrogens with two attached hydrogens (primary N) is 1. The summed E-state index contributed by atoms with van der Waals surface area (Å²) in [7, 11) is 3.03. The van der Waals surface area contributed by atoms with Gasteiger partial charge in [0.15, 0.2) is 17.6 Å². The number of hydrogen-bond acceptors (Lipinski definition) is 6. The van der Waals surface area contributed by atoms with E-state index in [-0.39, 0.29) is 0 Å². The molecular weight excluding hydrogens is 296 g/mol. The fourth-order valence-corrected chi connectivity index (χ4v) is 2.43. The molecule has 1 aromatic carbocycles. The van der Waals surface area contributed by atoms with Crippen molar-refractivity contribution in [3.63, 3.8) is 0 Å². The van der Waals surface area contributed by atoms with E-state index in [1.807, 2.05) is 24.3 Å². The van der Waals surface area contributed by atoms with E-state index in [0.29, 0.717) is 29.2 Å². The summed E-state index contributed by atoms with van der Waals surface area (Å²) in [6, 6.07) is 9.32. The molecule has 0 fully saturated rings. The van der Waals surface area contributed by atoms with Gasteiger partial charge in [-0.25, -0.2) is 0 Å². The van der Waals surface area contributed by atoms with E-state index in [9.17, 15) is 5.11 Å². The zero-order valence-corrected chi connectivity index (χ0v) is 12.9. The third-order valence-corrected chi connectivity index (χ3v) is 3.64. The highest BCUT2D eigenvalue weighted by Crippen LogP contribution is 2.34. The molecule has 0 saturated heterocycles. The minimum Gasteiger partial charge on any atom is -0.493 e. The SMILES string of the molecule is COc1cc(-c2ccc(C(O)OC)cn2)cc2cc(CN)oc12. The van der Waals surface area contributed by atoms with Crippen LogP contribution in [0.2, 0.25) is 0 Å². The Morgan fingerprint density at radius 2 is 2.09 bits per heavy atom. The quantitative estimate of drug-likeness (QED) is 0.703. The molecule has 0 aliphatic carbocycles. The van der Waals surface area contributed by atoms with Gasteiger partial charge in [-0.15, -0.1) is 0 Å². The lowest BCUT2D eigenvalue weighted by molar-refractivity contribution is -0.0771. The van der Waals surface area contributed by atoms with E-state index >= 15 is 0 Å². The summed E-state index contributed by atoms with van der Waals surface area (Å²) in [6.45, 7) is 0.328. The number of pyridine rings is 1. The first-order chi connectivity index (χ1) is 11.2. The molecule has 6 nitrogen and oxygen atoms in total. The first-order valence-corrected chi connectivity index (χ1v) is 7.14. The van der Waals surface area contributed by atoms with Crippen molar-refractivity contribution in [1.29, 1.82) is 0 Å². The van der Waals surface area contributed by atoms with Gasteiger partial charge in [0.2, 0.25) is 0 Å². The molecule has 3 N–H and O–H groups in total. The highest BCUT2D eigenvalue weighted by Gasteiger charge is 2.13. The van der Waals surface area contributed by atoms with Crippen LogP contribution >= 0.6 is 0 Å². The predicted molar refractivity (Wildman–Crippen MR) is 85.9 cm³/mol. The minimum atomic E-state index is -0.977. The second-order valence-electron chi connectivity index (χ2n) is 5.08. The molecule has 120 valence electrons. The lowest BCUT2D eigenvalue weighted by Crippen LogP contribution is -2.00. The lowest BCUT2D eigenvalue weighted by atomic mass is 10.1. The minimum absolute atomic E-state index is 0.328. The number of aliphatic hydroxyl groups is 1. The van der Waals surface area contributed by atoms with Crippen LogP contribution in [0.4, 0.5) is 0 Å². The van der Waals surface area contributed by atoms with Crippen LogP contribution in [-0.4, -0.2) is 24.3 Å². The molecule has 1 atom stereocenters. The van der Waals surface area contributed by atoms with Crippen LogP contribution in [0, 0.1) is 0 Å². The lowest BCUT2D eigenvalue weighted by Gasteiger charge is -2.09. The van der Waals surface area contributed by atoms with Crippen LogP contribution in [0.15, 0.2) is 40.9 Å². The number of aliphatic hydroxyl groups excluding tert-OH is 1. The van der Waals surface area contributed by atoms with E-state index in [2.05, 4.69) is 4.98 Å². The zero-order valence-electron chi connectivity index (χ0n) is 12.9. The Bertz CT molecular complexity index is 811. The normalized spacial score (nSPS) is 12.5. The van der Waals surface area contributed by atoms with Crippen LogP contribution in [-0.2, 0) is 11.3 Å². The van der Waals surface area contributed by atoms with Crippen molar-refractivity contribution < 1.29 is 19.0 Å². The molecular formula is C17H18N2O4. The van der Waals surface area contributed by atoms with Gasteiger partial charge in [-0.3, -0.25) is 4.98 Å². The van der Waals surface area contributed by atoms with Gasteiger partial charge >= 0.3 is 0 Å². The average Bonchev–Trinajstić information content (AvgIpc) is 3.03. The summed E-state index contributed by atoms with van der Waals surface area (Å²) in [5.74, 6) is 1.32. The van der Waals surface area contributed by atoms with Gasteiger partial charge in [-0.1, -0.05) is 6.07 Å². The number of fused-ring (bicyclic) bond motifs is 1. The summed E-state index contributed by atoms with van der Waals surface area (Å²) in [4.78, 5) is 4.38.